The van der Waals surface area contributed by atoms with Crippen LogP contribution in [0.25, 0.3) is 22.8 Å². The van der Waals surface area contributed by atoms with E-state index >= 15 is 0 Å². The van der Waals surface area contributed by atoms with Gasteiger partial charge < -0.3 is 14.2 Å². The molecule has 0 fully saturated rings. The van der Waals surface area contributed by atoms with Crippen LogP contribution in [0, 0.1) is 6.92 Å². The number of H-pyrrole nitrogens is 1. The second kappa shape index (κ2) is 8.32. The Labute approximate surface area is 202 Å². The van der Waals surface area contributed by atoms with Gasteiger partial charge in [0.05, 0.1) is 37.3 Å². The van der Waals surface area contributed by atoms with E-state index in [1.54, 1.807) is 18.1 Å². The third-order valence-corrected chi connectivity index (χ3v) is 6.40. The first-order valence-corrected chi connectivity index (χ1v) is 11.4. The minimum absolute atomic E-state index is 0.113. The molecule has 6 rings (SSSR count). The summed E-state index contributed by atoms with van der Waals surface area (Å²) in [6.45, 7) is 2.98. The number of para-hydroxylation sites is 2. The van der Waals surface area contributed by atoms with E-state index in [0.717, 1.165) is 33.9 Å². The number of methoxy groups -OCH3 is 1. The largest absolute Gasteiger partial charge is 0.496 e. The second-order valence-electron chi connectivity index (χ2n) is 8.57. The Morgan fingerprint density at radius 2 is 1.77 bits per heavy atom. The number of benzene rings is 2. The molecule has 2 aromatic carbocycles. The quantitative estimate of drug-likeness (QED) is 0.415. The van der Waals surface area contributed by atoms with Crippen LogP contribution in [0.15, 0.2) is 79.1 Å². The summed E-state index contributed by atoms with van der Waals surface area (Å²) in [5, 5.41) is 12.2. The van der Waals surface area contributed by atoms with E-state index in [1.807, 2.05) is 65.6 Å². The minimum Gasteiger partial charge on any atom is -0.496 e. The molecule has 1 aliphatic heterocycles. The number of amides is 1. The molecule has 0 aliphatic carbocycles. The van der Waals surface area contributed by atoms with E-state index < -0.39 is 0 Å². The zero-order valence-corrected chi connectivity index (χ0v) is 19.5. The fraction of sp³-hybridized carbons (Fsp3) is 0.148. The number of nitrogens with zero attached hydrogens (tertiary/aromatic N) is 5. The highest BCUT2D eigenvalue weighted by Gasteiger charge is 2.32. The van der Waals surface area contributed by atoms with Gasteiger partial charge in [0.15, 0.2) is 0 Å². The van der Waals surface area contributed by atoms with Crippen molar-refractivity contribution >= 4 is 5.91 Å². The van der Waals surface area contributed by atoms with Crippen LogP contribution in [0.4, 0.5) is 0 Å². The van der Waals surface area contributed by atoms with Crippen molar-refractivity contribution in [3.63, 3.8) is 0 Å². The summed E-state index contributed by atoms with van der Waals surface area (Å²) in [7, 11) is 1.62. The van der Waals surface area contributed by atoms with Gasteiger partial charge in [-0.2, -0.15) is 10.2 Å². The third-order valence-electron chi connectivity index (χ3n) is 6.40. The number of rotatable bonds is 5. The molecule has 1 aliphatic rings. The smallest absolute Gasteiger partial charge is 0.272 e. The van der Waals surface area contributed by atoms with Crippen molar-refractivity contribution in [1.82, 2.24) is 29.4 Å². The molecule has 174 valence electrons. The van der Waals surface area contributed by atoms with Crippen molar-refractivity contribution < 1.29 is 9.53 Å². The number of ether oxygens (including phenoxy) is 1. The topological polar surface area (TPSA) is 81.0 Å². The monoisotopic (exact) mass is 464 g/mol. The molecule has 4 heterocycles. The number of aryl methyl sites for hydroxylation is 1. The highest BCUT2D eigenvalue weighted by molar-refractivity contribution is 5.94. The summed E-state index contributed by atoms with van der Waals surface area (Å²) in [6.07, 6.45) is 4.01. The first kappa shape index (κ1) is 21.0. The highest BCUT2D eigenvalue weighted by Crippen LogP contribution is 2.33. The Hall–Kier alpha value is -4.59. The van der Waals surface area contributed by atoms with Gasteiger partial charge in [-0.15, -0.1) is 0 Å². The van der Waals surface area contributed by atoms with Gasteiger partial charge in [0.1, 0.15) is 17.3 Å². The van der Waals surface area contributed by atoms with Crippen LogP contribution in [-0.4, -0.2) is 42.5 Å². The normalized spacial score (nSPS) is 12.7. The van der Waals surface area contributed by atoms with Crippen molar-refractivity contribution in [3.05, 3.63) is 102 Å². The lowest BCUT2D eigenvalue weighted by Crippen LogP contribution is -2.26. The lowest BCUT2D eigenvalue weighted by Gasteiger charge is -2.17. The first-order valence-electron chi connectivity index (χ1n) is 11.4. The van der Waals surface area contributed by atoms with E-state index in [9.17, 15) is 4.79 Å². The summed E-state index contributed by atoms with van der Waals surface area (Å²) >= 11 is 0. The lowest BCUT2D eigenvalue weighted by atomic mass is 10.1. The molecule has 1 amide bonds. The molecule has 8 heteroatoms. The van der Waals surface area contributed by atoms with Crippen LogP contribution in [0.2, 0.25) is 0 Å². The molecule has 0 unspecified atom stereocenters. The van der Waals surface area contributed by atoms with Crippen molar-refractivity contribution in [2.45, 2.75) is 20.0 Å². The predicted molar refractivity (Wildman–Crippen MR) is 132 cm³/mol. The van der Waals surface area contributed by atoms with Gasteiger partial charge in [0.2, 0.25) is 0 Å². The molecular formula is C27H24N6O2. The number of carbonyl (C=O) groups is 1. The molecule has 8 nitrogen and oxygen atoms in total. The number of fused-ring (bicyclic) bond motifs is 1. The number of aromatic nitrogens is 5. The highest BCUT2D eigenvalue weighted by atomic mass is 16.5. The summed E-state index contributed by atoms with van der Waals surface area (Å²) in [6, 6.07) is 21.6. The predicted octanol–water partition coefficient (Wildman–Crippen LogP) is 4.53. The Bertz CT molecular complexity index is 1530. The van der Waals surface area contributed by atoms with Crippen molar-refractivity contribution in [3.8, 4) is 28.5 Å². The summed E-state index contributed by atoms with van der Waals surface area (Å²) in [5.41, 5.74) is 6.04. The SMILES string of the molecule is COc1ccccc1-c1cc(C(=O)N2Cc3nn(-c4ccccc4C)c(-n4cccc4)c3C2)[nH]n1. The number of aromatic amines is 1. The maximum atomic E-state index is 13.4. The summed E-state index contributed by atoms with van der Waals surface area (Å²) in [4.78, 5) is 15.2. The Morgan fingerprint density at radius 3 is 2.57 bits per heavy atom. The fourth-order valence-electron chi connectivity index (χ4n) is 4.65. The van der Waals surface area contributed by atoms with Gasteiger partial charge in [-0.05, 0) is 48.9 Å². The standard InChI is InChI=1S/C27H24N6O2/c1-18-9-3-5-11-24(18)33-26(31-13-7-8-14-31)20-16-32(17-23(20)30-33)27(34)22-15-21(28-29-22)19-10-4-6-12-25(19)35-2/h3-15H,16-17H2,1-2H3,(H,28,29). The van der Waals surface area contributed by atoms with Gasteiger partial charge >= 0.3 is 0 Å². The van der Waals surface area contributed by atoms with Crippen LogP contribution in [0.3, 0.4) is 0 Å². The Morgan fingerprint density at radius 1 is 1.00 bits per heavy atom. The molecule has 0 radical (unpaired) electrons. The Kier molecular flexibility index (Phi) is 4.99. The van der Waals surface area contributed by atoms with E-state index in [0.29, 0.717) is 30.2 Å². The van der Waals surface area contributed by atoms with Crippen LogP contribution < -0.4 is 4.74 Å². The van der Waals surface area contributed by atoms with Gasteiger partial charge in [0.25, 0.3) is 5.91 Å². The van der Waals surface area contributed by atoms with Gasteiger partial charge in [-0.3, -0.25) is 9.89 Å². The van der Waals surface area contributed by atoms with E-state index in [2.05, 4.69) is 33.8 Å². The van der Waals surface area contributed by atoms with Crippen molar-refractivity contribution in [2.24, 2.45) is 0 Å². The van der Waals surface area contributed by atoms with Crippen LogP contribution >= 0.6 is 0 Å². The molecule has 0 saturated carbocycles. The number of hydrogen-bond donors (Lipinski definition) is 1. The molecule has 5 aromatic rings. The number of nitrogens with one attached hydrogen (secondary N) is 1. The zero-order chi connectivity index (χ0) is 23.9. The Balaban J connectivity index is 1.32. The third kappa shape index (κ3) is 3.50. The molecule has 0 saturated heterocycles. The average molecular weight is 465 g/mol. The van der Waals surface area contributed by atoms with Crippen molar-refractivity contribution in [1.29, 1.82) is 0 Å². The molecule has 3 aromatic heterocycles. The zero-order valence-electron chi connectivity index (χ0n) is 19.5. The fourth-order valence-corrected chi connectivity index (χ4v) is 4.65. The lowest BCUT2D eigenvalue weighted by molar-refractivity contribution is 0.0743. The number of carbonyl (C=O) groups excluding carboxylic acids is 1. The summed E-state index contributed by atoms with van der Waals surface area (Å²) < 4.78 is 9.49. The molecule has 0 spiro atoms. The van der Waals surface area contributed by atoms with Crippen LogP contribution in [0.5, 0.6) is 5.75 Å². The molecule has 35 heavy (non-hydrogen) atoms. The van der Waals surface area contributed by atoms with Gasteiger partial charge in [-0.25, -0.2) is 4.68 Å². The van der Waals surface area contributed by atoms with E-state index in [4.69, 9.17) is 9.84 Å². The number of hydrogen-bond acceptors (Lipinski definition) is 4. The molecule has 0 atom stereocenters. The van der Waals surface area contributed by atoms with E-state index in [1.165, 1.54) is 0 Å². The maximum absolute atomic E-state index is 13.4. The van der Waals surface area contributed by atoms with Crippen molar-refractivity contribution in [2.75, 3.05) is 7.11 Å². The van der Waals surface area contributed by atoms with Crippen LogP contribution in [-0.2, 0) is 13.1 Å². The molecule has 1 N–H and O–H groups in total. The van der Waals surface area contributed by atoms with Gasteiger partial charge in [-0.1, -0.05) is 30.3 Å². The molecular weight excluding hydrogens is 440 g/mol. The minimum atomic E-state index is -0.113. The average Bonchev–Trinajstić information content (AvgIpc) is 3.68. The van der Waals surface area contributed by atoms with Crippen LogP contribution in [0.1, 0.15) is 27.3 Å². The maximum Gasteiger partial charge on any atom is 0.272 e. The van der Waals surface area contributed by atoms with E-state index in [-0.39, 0.29) is 5.91 Å². The first-order chi connectivity index (χ1) is 17.1. The summed E-state index contributed by atoms with van der Waals surface area (Å²) in [5.74, 6) is 1.55. The second-order valence-corrected chi connectivity index (χ2v) is 8.57. The van der Waals surface area contributed by atoms with Gasteiger partial charge in [0, 0.05) is 23.5 Å². The molecule has 0 bridgehead atoms.